The number of Topliss-reactive ketones (excluding diaryl/α,β-unsaturated/α-hetero) is 1. The minimum absolute atomic E-state index is 0.152. The second kappa shape index (κ2) is 4.28. The standard InChI is InChI=1S/C13H14FNO2/c1-3-4-5-15-11-9(12(16)13(15)17)6-8(2)7-10(11)14/h6-7H,3-5H2,1-2H3. The first-order chi connectivity index (χ1) is 8.06. The summed E-state index contributed by atoms with van der Waals surface area (Å²) in [6, 6.07) is 2.92. The minimum atomic E-state index is -0.613. The lowest BCUT2D eigenvalue weighted by atomic mass is 10.1. The molecule has 1 aliphatic rings. The van der Waals surface area contributed by atoms with Crippen LogP contribution < -0.4 is 4.90 Å². The molecule has 0 fully saturated rings. The molecule has 0 atom stereocenters. The largest absolute Gasteiger partial charge is 0.302 e. The summed E-state index contributed by atoms with van der Waals surface area (Å²) in [5.74, 6) is -1.70. The number of ketones is 1. The Hall–Kier alpha value is -1.71. The van der Waals surface area contributed by atoms with Gasteiger partial charge in [0.25, 0.3) is 11.7 Å². The van der Waals surface area contributed by atoms with Gasteiger partial charge in [0, 0.05) is 6.54 Å². The number of benzene rings is 1. The Bertz CT molecular complexity index is 496. The van der Waals surface area contributed by atoms with Crippen LogP contribution in [0, 0.1) is 12.7 Å². The molecular weight excluding hydrogens is 221 g/mol. The van der Waals surface area contributed by atoms with Crippen molar-refractivity contribution in [3.63, 3.8) is 0 Å². The van der Waals surface area contributed by atoms with E-state index in [1.165, 1.54) is 11.0 Å². The maximum absolute atomic E-state index is 13.8. The minimum Gasteiger partial charge on any atom is -0.302 e. The van der Waals surface area contributed by atoms with Gasteiger partial charge in [0.15, 0.2) is 0 Å². The maximum Gasteiger partial charge on any atom is 0.299 e. The maximum atomic E-state index is 13.8. The second-order valence-electron chi connectivity index (χ2n) is 4.28. The molecule has 1 amide bonds. The van der Waals surface area contributed by atoms with Gasteiger partial charge in [-0.3, -0.25) is 9.59 Å². The lowest BCUT2D eigenvalue weighted by molar-refractivity contribution is -0.114. The Kier molecular flexibility index (Phi) is 2.96. The zero-order chi connectivity index (χ0) is 12.6. The molecule has 0 aromatic heterocycles. The fraction of sp³-hybridized carbons (Fsp3) is 0.385. The number of unbranched alkanes of at least 4 members (excludes halogenated alkanes) is 1. The molecule has 1 heterocycles. The normalized spacial score (nSPS) is 14.4. The number of carbonyl (C=O) groups excluding carboxylic acids is 2. The van der Waals surface area contributed by atoms with Gasteiger partial charge in [-0.15, -0.1) is 0 Å². The molecule has 4 heteroatoms. The monoisotopic (exact) mass is 235 g/mol. The summed E-state index contributed by atoms with van der Waals surface area (Å²) < 4.78 is 13.8. The SMILES string of the molecule is CCCCN1C(=O)C(=O)c2cc(C)cc(F)c21. The molecule has 0 bridgehead atoms. The number of hydrogen-bond acceptors (Lipinski definition) is 2. The Morgan fingerprint density at radius 2 is 2.00 bits per heavy atom. The number of rotatable bonds is 3. The molecule has 3 nitrogen and oxygen atoms in total. The van der Waals surface area contributed by atoms with Crippen molar-refractivity contribution in [1.29, 1.82) is 0 Å². The average Bonchev–Trinajstić information content (AvgIpc) is 2.51. The van der Waals surface area contributed by atoms with E-state index in [1.807, 2.05) is 6.92 Å². The van der Waals surface area contributed by atoms with Gasteiger partial charge in [0.05, 0.1) is 11.3 Å². The van der Waals surface area contributed by atoms with Crippen molar-refractivity contribution in [1.82, 2.24) is 0 Å². The Balaban J connectivity index is 2.48. The first kappa shape index (κ1) is 11.8. The van der Waals surface area contributed by atoms with Crippen LogP contribution in [0.4, 0.5) is 10.1 Å². The van der Waals surface area contributed by atoms with Crippen LogP contribution in [-0.4, -0.2) is 18.2 Å². The van der Waals surface area contributed by atoms with Gasteiger partial charge in [0.2, 0.25) is 0 Å². The fourth-order valence-corrected chi connectivity index (χ4v) is 2.05. The van der Waals surface area contributed by atoms with E-state index in [0.717, 1.165) is 12.8 Å². The second-order valence-corrected chi connectivity index (χ2v) is 4.28. The molecule has 0 N–H and O–H groups in total. The topological polar surface area (TPSA) is 37.4 Å². The van der Waals surface area contributed by atoms with E-state index in [1.54, 1.807) is 13.0 Å². The van der Waals surface area contributed by atoms with Crippen LogP contribution in [0.3, 0.4) is 0 Å². The Morgan fingerprint density at radius 3 is 2.65 bits per heavy atom. The highest BCUT2D eigenvalue weighted by Crippen LogP contribution is 2.32. The van der Waals surface area contributed by atoms with Crippen molar-refractivity contribution in [2.45, 2.75) is 26.7 Å². The summed E-state index contributed by atoms with van der Waals surface area (Å²) in [6.45, 7) is 4.08. The van der Waals surface area contributed by atoms with E-state index in [4.69, 9.17) is 0 Å². The van der Waals surface area contributed by atoms with Crippen LogP contribution in [0.15, 0.2) is 12.1 Å². The zero-order valence-electron chi connectivity index (χ0n) is 9.92. The van der Waals surface area contributed by atoms with E-state index >= 15 is 0 Å². The Labute approximate surface area is 99.2 Å². The molecule has 1 aromatic carbocycles. The van der Waals surface area contributed by atoms with Gasteiger partial charge in [-0.2, -0.15) is 0 Å². The van der Waals surface area contributed by atoms with Crippen molar-refractivity contribution in [2.75, 3.05) is 11.4 Å². The van der Waals surface area contributed by atoms with Gasteiger partial charge in [-0.1, -0.05) is 13.3 Å². The van der Waals surface area contributed by atoms with Crippen LogP contribution in [0.5, 0.6) is 0 Å². The van der Waals surface area contributed by atoms with Crippen molar-refractivity contribution >= 4 is 17.4 Å². The van der Waals surface area contributed by atoms with Crippen molar-refractivity contribution in [3.8, 4) is 0 Å². The molecule has 0 saturated heterocycles. The van der Waals surface area contributed by atoms with Crippen molar-refractivity contribution < 1.29 is 14.0 Å². The summed E-state index contributed by atoms with van der Waals surface area (Å²) in [5.41, 5.74) is 1.00. The van der Waals surface area contributed by atoms with Gasteiger partial charge in [0.1, 0.15) is 5.82 Å². The van der Waals surface area contributed by atoms with Crippen LogP contribution in [-0.2, 0) is 4.79 Å². The van der Waals surface area contributed by atoms with Crippen molar-refractivity contribution in [2.24, 2.45) is 0 Å². The summed E-state index contributed by atoms with van der Waals surface area (Å²) in [7, 11) is 0. The highest BCUT2D eigenvalue weighted by Gasteiger charge is 2.37. The summed E-state index contributed by atoms with van der Waals surface area (Å²) in [5, 5.41) is 0. The lowest BCUT2D eigenvalue weighted by Gasteiger charge is -2.16. The molecule has 17 heavy (non-hydrogen) atoms. The van der Waals surface area contributed by atoms with Crippen LogP contribution >= 0.6 is 0 Å². The summed E-state index contributed by atoms with van der Waals surface area (Å²) in [4.78, 5) is 24.7. The highest BCUT2D eigenvalue weighted by molar-refractivity contribution is 6.52. The fourth-order valence-electron chi connectivity index (χ4n) is 2.05. The van der Waals surface area contributed by atoms with Crippen molar-refractivity contribution in [3.05, 3.63) is 29.1 Å². The van der Waals surface area contributed by atoms with E-state index in [2.05, 4.69) is 0 Å². The number of fused-ring (bicyclic) bond motifs is 1. The molecule has 0 aliphatic carbocycles. The number of halogens is 1. The number of amides is 1. The highest BCUT2D eigenvalue weighted by atomic mass is 19.1. The third-order valence-corrected chi connectivity index (χ3v) is 2.90. The number of nitrogens with zero attached hydrogens (tertiary/aromatic N) is 1. The number of aryl methyl sites for hydroxylation is 1. The van der Waals surface area contributed by atoms with E-state index in [9.17, 15) is 14.0 Å². The number of hydrogen-bond donors (Lipinski definition) is 0. The number of anilines is 1. The van der Waals surface area contributed by atoms with E-state index in [-0.39, 0.29) is 11.3 Å². The molecule has 2 rings (SSSR count). The quantitative estimate of drug-likeness (QED) is 0.755. The predicted octanol–water partition coefficient (Wildman–Crippen LogP) is 2.46. The van der Waals surface area contributed by atoms with E-state index in [0.29, 0.717) is 12.1 Å². The smallest absolute Gasteiger partial charge is 0.299 e. The van der Waals surface area contributed by atoms with Gasteiger partial charge < -0.3 is 4.90 Å². The first-order valence-corrected chi connectivity index (χ1v) is 5.72. The molecule has 1 aliphatic heterocycles. The predicted molar refractivity (Wildman–Crippen MR) is 62.7 cm³/mol. The third kappa shape index (κ3) is 1.84. The van der Waals surface area contributed by atoms with Gasteiger partial charge >= 0.3 is 0 Å². The molecule has 1 aromatic rings. The molecule has 0 spiro atoms. The first-order valence-electron chi connectivity index (χ1n) is 5.72. The van der Waals surface area contributed by atoms with Gasteiger partial charge in [-0.25, -0.2) is 4.39 Å². The zero-order valence-corrected chi connectivity index (χ0v) is 9.92. The average molecular weight is 235 g/mol. The molecular formula is C13H14FNO2. The molecule has 0 saturated carbocycles. The summed E-state index contributed by atoms with van der Waals surface area (Å²) >= 11 is 0. The van der Waals surface area contributed by atoms with Crippen LogP contribution in [0.25, 0.3) is 0 Å². The Morgan fingerprint density at radius 1 is 1.29 bits per heavy atom. The van der Waals surface area contributed by atoms with Crippen LogP contribution in [0.1, 0.15) is 35.7 Å². The van der Waals surface area contributed by atoms with Crippen LogP contribution in [0.2, 0.25) is 0 Å². The molecule has 90 valence electrons. The lowest BCUT2D eigenvalue weighted by Crippen LogP contribution is -2.31. The third-order valence-electron chi connectivity index (χ3n) is 2.90. The molecule has 0 unspecified atom stereocenters. The van der Waals surface area contributed by atoms with Gasteiger partial charge in [-0.05, 0) is 31.0 Å². The number of carbonyl (C=O) groups is 2. The summed E-state index contributed by atoms with van der Waals surface area (Å²) in [6.07, 6.45) is 1.65. The molecule has 0 radical (unpaired) electrons. The van der Waals surface area contributed by atoms with E-state index < -0.39 is 17.5 Å².